The number of hydrogen-bond acceptors (Lipinski definition) is 7. The van der Waals surface area contributed by atoms with Crippen LogP contribution >= 0.6 is 0 Å². The molecular formula is C29H56N2O7Si3. The Morgan fingerprint density at radius 2 is 1.32 bits per heavy atom. The van der Waals surface area contributed by atoms with Gasteiger partial charge in [0.15, 0.2) is 25.0 Å². The van der Waals surface area contributed by atoms with Gasteiger partial charge in [-0.05, 0) is 61.3 Å². The van der Waals surface area contributed by atoms with Gasteiger partial charge in [0.05, 0.1) is 12.3 Å². The normalized spacial score (nSPS) is 28.0. The Morgan fingerprint density at radius 3 is 1.80 bits per heavy atom. The molecule has 0 unspecified atom stereocenters. The second kappa shape index (κ2) is 10.6. The van der Waals surface area contributed by atoms with Crippen molar-refractivity contribution in [3.8, 4) is 0 Å². The first-order valence-electron chi connectivity index (χ1n) is 14.9. The summed E-state index contributed by atoms with van der Waals surface area (Å²) in [4.78, 5) is 28.3. The van der Waals surface area contributed by atoms with Crippen molar-refractivity contribution in [3.05, 3.63) is 32.6 Å². The molecule has 0 bridgehead atoms. The summed E-state index contributed by atoms with van der Waals surface area (Å²) in [7, 11) is -7.00. The molecule has 3 rings (SSSR count). The summed E-state index contributed by atoms with van der Waals surface area (Å²) in [5, 5.41) is -0.217. The van der Waals surface area contributed by atoms with Crippen molar-refractivity contribution in [1.29, 1.82) is 0 Å². The van der Waals surface area contributed by atoms with Gasteiger partial charge in [0, 0.05) is 6.07 Å². The zero-order valence-corrected chi connectivity index (χ0v) is 31.4. The van der Waals surface area contributed by atoms with Crippen LogP contribution in [0.2, 0.25) is 54.4 Å². The number of H-pyrrole nitrogens is 1. The van der Waals surface area contributed by atoms with Gasteiger partial charge < -0.3 is 22.8 Å². The first kappa shape index (κ1) is 34.6. The van der Waals surface area contributed by atoms with E-state index in [1.54, 1.807) is 0 Å². The molecular weight excluding hydrogens is 573 g/mol. The van der Waals surface area contributed by atoms with Crippen LogP contribution in [0.25, 0.3) is 0 Å². The second-order valence-corrected chi connectivity index (χ2v) is 30.8. The number of aromatic nitrogens is 2. The Hall–Kier alpha value is -0.869. The molecule has 1 aromatic heterocycles. The fourth-order valence-electron chi connectivity index (χ4n) is 4.46. The Labute approximate surface area is 250 Å². The highest BCUT2D eigenvalue weighted by Gasteiger charge is 2.66. The van der Waals surface area contributed by atoms with Crippen molar-refractivity contribution in [2.75, 3.05) is 6.61 Å². The molecule has 2 aliphatic rings. The van der Waals surface area contributed by atoms with Crippen LogP contribution in [0.15, 0.2) is 15.7 Å². The van der Waals surface area contributed by atoms with Crippen LogP contribution in [-0.4, -0.2) is 59.4 Å². The van der Waals surface area contributed by atoms with Crippen molar-refractivity contribution in [2.45, 2.75) is 154 Å². The molecule has 0 saturated carbocycles. The quantitative estimate of drug-likeness (QED) is 0.347. The molecule has 236 valence electrons. The van der Waals surface area contributed by atoms with E-state index in [-0.39, 0.29) is 21.7 Å². The van der Waals surface area contributed by atoms with Crippen LogP contribution in [-0.2, 0) is 28.7 Å². The highest BCUT2D eigenvalue weighted by atomic mass is 28.4. The SMILES string of the molecule is C[C@@H]1O[C@]2(O[C@H](CO[Si](C)(C)C(C)(C)C)[C@@H](O[Si](C)(C)C(C)(C)C)[C@H]2O[Si](C)(C)C(C)(C)C)n2c1cc(=O)[nH]c2=O. The Kier molecular flexibility index (Phi) is 8.98. The predicted octanol–water partition coefficient (Wildman–Crippen LogP) is 6.44. The standard InChI is InChI=1S/C29H56N2O7Si3/c1-19-20-17-22(32)30-25(33)31(20)29(35-19)24(38-41(15,16)28(8,9)10)23(37-40(13,14)27(5,6)7)21(36-29)18-34-39(11,12)26(2,3)4/h17,19,21,23-24H,18H2,1-16H3,(H,30,32,33)/t19-,21+,23+,24+,29+/m0/s1. The molecule has 1 saturated heterocycles. The Balaban J connectivity index is 2.26. The first-order chi connectivity index (χ1) is 18.2. The summed E-state index contributed by atoms with van der Waals surface area (Å²) < 4.78 is 36.0. The lowest BCUT2D eigenvalue weighted by Gasteiger charge is -2.45. The average molecular weight is 629 g/mol. The molecule has 0 aromatic carbocycles. The van der Waals surface area contributed by atoms with Gasteiger partial charge in [-0.2, -0.15) is 0 Å². The van der Waals surface area contributed by atoms with Crippen molar-refractivity contribution in [3.63, 3.8) is 0 Å². The molecule has 0 aliphatic carbocycles. The summed E-state index contributed by atoms with van der Waals surface area (Å²) in [5.41, 5.74) is -0.599. The largest absolute Gasteiger partial charge is 0.414 e. The summed E-state index contributed by atoms with van der Waals surface area (Å²) in [6.45, 7) is 35.1. The van der Waals surface area contributed by atoms with Crippen LogP contribution < -0.4 is 11.2 Å². The van der Waals surface area contributed by atoms with E-state index >= 15 is 0 Å². The third-order valence-corrected chi connectivity index (χ3v) is 23.7. The second-order valence-electron chi connectivity index (χ2n) is 16.5. The topological polar surface area (TPSA) is 101 Å². The Morgan fingerprint density at radius 1 is 0.829 bits per heavy atom. The van der Waals surface area contributed by atoms with E-state index in [0.29, 0.717) is 5.69 Å². The minimum absolute atomic E-state index is 0.00247. The van der Waals surface area contributed by atoms with Gasteiger partial charge in [-0.25, -0.2) is 9.36 Å². The maximum absolute atomic E-state index is 13.5. The highest BCUT2D eigenvalue weighted by molar-refractivity contribution is 6.75. The third kappa shape index (κ3) is 6.36. The molecule has 12 heteroatoms. The average Bonchev–Trinajstić information content (AvgIpc) is 3.17. The number of nitrogens with zero attached hydrogens (tertiary/aromatic N) is 1. The van der Waals surface area contributed by atoms with Gasteiger partial charge in [-0.15, -0.1) is 0 Å². The van der Waals surface area contributed by atoms with Gasteiger partial charge in [-0.1, -0.05) is 62.3 Å². The maximum Gasteiger partial charge on any atom is 0.332 e. The zero-order valence-electron chi connectivity index (χ0n) is 28.4. The zero-order chi connectivity index (χ0) is 31.8. The molecule has 1 N–H and O–H groups in total. The number of nitrogens with one attached hydrogen (secondary N) is 1. The van der Waals surface area contributed by atoms with Gasteiger partial charge in [0.25, 0.3) is 11.5 Å². The van der Waals surface area contributed by atoms with E-state index in [1.807, 2.05) is 6.92 Å². The first-order valence-corrected chi connectivity index (χ1v) is 23.6. The molecule has 0 radical (unpaired) electrons. The molecule has 5 atom stereocenters. The summed E-state index contributed by atoms with van der Waals surface area (Å²) >= 11 is 0. The molecule has 2 aliphatic heterocycles. The van der Waals surface area contributed by atoms with Crippen molar-refractivity contribution < 1.29 is 22.8 Å². The maximum atomic E-state index is 13.5. The smallest absolute Gasteiger partial charge is 0.332 e. The minimum atomic E-state index is -2.46. The number of ether oxygens (including phenoxy) is 2. The number of fused-ring (bicyclic) bond motifs is 2. The third-order valence-electron chi connectivity index (χ3n) is 10.3. The number of rotatable bonds is 7. The van der Waals surface area contributed by atoms with E-state index in [0.717, 1.165) is 0 Å². The van der Waals surface area contributed by atoms with Gasteiger partial charge in [-0.3, -0.25) is 9.78 Å². The van der Waals surface area contributed by atoms with Gasteiger partial charge in [0.2, 0.25) is 0 Å². The fourth-order valence-corrected chi connectivity index (χ4v) is 8.05. The molecule has 3 heterocycles. The summed E-state index contributed by atoms with van der Waals surface area (Å²) in [6, 6.07) is 1.41. The number of hydrogen-bond donors (Lipinski definition) is 1. The summed E-state index contributed by atoms with van der Waals surface area (Å²) in [6.07, 6.45) is -2.46. The lowest BCUT2D eigenvalue weighted by atomic mass is 10.1. The van der Waals surface area contributed by atoms with Gasteiger partial charge in [0.1, 0.15) is 24.4 Å². The van der Waals surface area contributed by atoms with E-state index in [1.165, 1.54) is 10.6 Å². The van der Waals surface area contributed by atoms with Crippen LogP contribution in [0.1, 0.15) is 81.0 Å². The predicted molar refractivity (Wildman–Crippen MR) is 171 cm³/mol. The van der Waals surface area contributed by atoms with Crippen molar-refractivity contribution in [2.24, 2.45) is 0 Å². The number of aromatic amines is 1. The van der Waals surface area contributed by atoms with Crippen LogP contribution in [0, 0.1) is 0 Å². The fraction of sp³-hybridized carbons (Fsp3) is 0.862. The monoisotopic (exact) mass is 628 g/mol. The highest BCUT2D eigenvalue weighted by Crippen LogP contribution is 2.52. The van der Waals surface area contributed by atoms with Gasteiger partial charge >= 0.3 is 5.69 Å². The molecule has 1 aromatic rings. The molecule has 9 nitrogen and oxygen atoms in total. The van der Waals surface area contributed by atoms with Crippen molar-refractivity contribution >= 4 is 25.0 Å². The van der Waals surface area contributed by atoms with Crippen LogP contribution in [0.4, 0.5) is 0 Å². The molecule has 1 spiro atoms. The van der Waals surface area contributed by atoms with E-state index in [9.17, 15) is 9.59 Å². The minimum Gasteiger partial charge on any atom is -0.414 e. The van der Waals surface area contributed by atoms with E-state index < -0.39 is 66.5 Å². The van der Waals surface area contributed by atoms with E-state index in [4.69, 9.17) is 22.8 Å². The lowest BCUT2D eigenvalue weighted by molar-refractivity contribution is -0.309. The summed E-state index contributed by atoms with van der Waals surface area (Å²) in [5.74, 6) is -1.61. The van der Waals surface area contributed by atoms with Crippen LogP contribution in [0.5, 0.6) is 0 Å². The van der Waals surface area contributed by atoms with Crippen LogP contribution in [0.3, 0.4) is 0 Å². The molecule has 0 amide bonds. The molecule has 1 fully saturated rings. The Bertz CT molecular complexity index is 1240. The molecule has 41 heavy (non-hydrogen) atoms. The lowest BCUT2D eigenvalue weighted by Crippen LogP contribution is -2.59. The van der Waals surface area contributed by atoms with Crippen molar-refractivity contribution in [1.82, 2.24) is 9.55 Å². The van der Waals surface area contributed by atoms with E-state index in [2.05, 4.69) is 107 Å².